The second-order valence-corrected chi connectivity index (χ2v) is 19.6. The molecular formula is C52H97N2O6P. The first-order valence-electron chi connectivity index (χ1n) is 25.2. The van der Waals surface area contributed by atoms with Crippen molar-refractivity contribution >= 4 is 13.7 Å². The van der Waals surface area contributed by atoms with Crippen LogP contribution in [0.5, 0.6) is 0 Å². The average molecular weight is 877 g/mol. The van der Waals surface area contributed by atoms with Crippen molar-refractivity contribution in [3.05, 3.63) is 60.8 Å². The van der Waals surface area contributed by atoms with E-state index >= 15 is 0 Å². The summed E-state index contributed by atoms with van der Waals surface area (Å²) in [5.74, 6) is -0.227. The smallest absolute Gasteiger partial charge is 0.268 e. The van der Waals surface area contributed by atoms with Crippen molar-refractivity contribution in [2.45, 2.75) is 225 Å². The lowest BCUT2D eigenvalue weighted by atomic mass is 10.0. The van der Waals surface area contributed by atoms with Gasteiger partial charge in [-0.25, -0.2) is 0 Å². The lowest BCUT2D eigenvalue weighted by Gasteiger charge is -2.29. The third-order valence-electron chi connectivity index (χ3n) is 10.9. The Bertz CT molecular complexity index is 1180. The molecular weight excluding hydrogens is 780 g/mol. The zero-order chi connectivity index (χ0) is 45.0. The Hall–Kier alpha value is -1.80. The van der Waals surface area contributed by atoms with Crippen LogP contribution in [-0.2, 0) is 18.4 Å². The lowest BCUT2D eigenvalue weighted by molar-refractivity contribution is -0.870. The molecule has 0 aromatic carbocycles. The van der Waals surface area contributed by atoms with Gasteiger partial charge in [0, 0.05) is 6.42 Å². The maximum Gasteiger partial charge on any atom is 0.268 e. The molecule has 9 heteroatoms. The second-order valence-electron chi connectivity index (χ2n) is 18.1. The molecule has 0 bridgehead atoms. The number of carbonyl (C=O) groups is 1. The average Bonchev–Trinajstić information content (AvgIpc) is 3.21. The molecule has 0 saturated carbocycles. The minimum Gasteiger partial charge on any atom is -0.756 e. The maximum absolute atomic E-state index is 12.9. The van der Waals surface area contributed by atoms with Crippen LogP contribution in [0.2, 0.25) is 0 Å². The van der Waals surface area contributed by atoms with Crippen LogP contribution >= 0.6 is 7.82 Å². The molecule has 2 N–H and O–H groups in total. The Morgan fingerprint density at radius 2 is 0.967 bits per heavy atom. The van der Waals surface area contributed by atoms with Gasteiger partial charge in [0.05, 0.1) is 39.9 Å². The first-order valence-corrected chi connectivity index (χ1v) is 26.6. The van der Waals surface area contributed by atoms with Crippen LogP contribution in [0.1, 0.15) is 213 Å². The van der Waals surface area contributed by atoms with E-state index in [4.69, 9.17) is 9.05 Å². The fraction of sp³-hybridized carbons (Fsp3) is 0.788. The number of nitrogens with zero attached hydrogens (tertiary/aromatic N) is 1. The highest BCUT2D eigenvalue weighted by Crippen LogP contribution is 2.38. The lowest BCUT2D eigenvalue weighted by Crippen LogP contribution is -2.45. The van der Waals surface area contributed by atoms with E-state index in [0.717, 1.165) is 70.6 Å². The number of phosphoric ester groups is 1. The summed E-state index contributed by atoms with van der Waals surface area (Å²) in [5.41, 5.74) is 0. The molecule has 3 unspecified atom stereocenters. The third kappa shape index (κ3) is 46.0. The van der Waals surface area contributed by atoms with Gasteiger partial charge in [0.1, 0.15) is 13.2 Å². The van der Waals surface area contributed by atoms with Crippen molar-refractivity contribution < 1.29 is 32.9 Å². The number of hydrogen-bond donors (Lipinski definition) is 2. The van der Waals surface area contributed by atoms with E-state index < -0.39 is 26.6 Å². The molecule has 8 nitrogen and oxygen atoms in total. The fourth-order valence-corrected chi connectivity index (χ4v) is 7.64. The largest absolute Gasteiger partial charge is 0.756 e. The van der Waals surface area contributed by atoms with Gasteiger partial charge in [-0.05, 0) is 77.0 Å². The van der Waals surface area contributed by atoms with Crippen LogP contribution in [0.15, 0.2) is 60.8 Å². The number of amides is 1. The number of likely N-dealkylation sites (N-methyl/N-ethyl adjacent to an activating group) is 1. The highest BCUT2D eigenvalue weighted by Gasteiger charge is 2.23. The molecule has 356 valence electrons. The number of phosphoric acid groups is 1. The Balaban J connectivity index is 4.41. The summed E-state index contributed by atoms with van der Waals surface area (Å²) < 4.78 is 23.2. The van der Waals surface area contributed by atoms with E-state index in [2.05, 4.69) is 67.8 Å². The van der Waals surface area contributed by atoms with E-state index in [0.29, 0.717) is 17.4 Å². The number of unbranched alkanes of at least 4 members (excludes halogenated alkanes) is 24. The van der Waals surface area contributed by atoms with E-state index in [-0.39, 0.29) is 12.5 Å². The monoisotopic (exact) mass is 877 g/mol. The number of nitrogens with one attached hydrogen (secondary N) is 1. The summed E-state index contributed by atoms with van der Waals surface area (Å²) in [6.07, 6.45) is 57.1. The minimum absolute atomic E-state index is 0.0140. The maximum atomic E-state index is 12.9. The zero-order valence-electron chi connectivity index (χ0n) is 40.4. The first-order chi connectivity index (χ1) is 29.5. The highest BCUT2D eigenvalue weighted by molar-refractivity contribution is 7.45. The van der Waals surface area contributed by atoms with Gasteiger partial charge >= 0.3 is 0 Å². The third-order valence-corrected chi connectivity index (χ3v) is 11.9. The summed E-state index contributed by atoms with van der Waals surface area (Å²) in [5, 5.41) is 13.8. The van der Waals surface area contributed by atoms with Crippen molar-refractivity contribution in [1.29, 1.82) is 0 Å². The van der Waals surface area contributed by atoms with Gasteiger partial charge in [0.25, 0.3) is 7.82 Å². The molecule has 0 saturated heterocycles. The second kappa shape index (κ2) is 43.5. The van der Waals surface area contributed by atoms with Gasteiger partial charge in [-0.2, -0.15) is 0 Å². The number of quaternary nitrogens is 1. The van der Waals surface area contributed by atoms with Crippen LogP contribution in [0, 0.1) is 0 Å². The first kappa shape index (κ1) is 59.2. The van der Waals surface area contributed by atoms with E-state index in [1.54, 1.807) is 6.08 Å². The van der Waals surface area contributed by atoms with Crippen LogP contribution in [0.25, 0.3) is 0 Å². The Morgan fingerprint density at radius 1 is 0.574 bits per heavy atom. The van der Waals surface area contributed by atoms with Crippen LogP contribution < -0.4 is 10.2 Å². The van der Waals surface area contributed by atoms with E-state index in [9.17, 15) is 19.4 Å². The molecule has 1 amide bonds. The zero-order valence-corrected chi connectivity index (χ0v) is 41.2. The number of aliphatic hydroxyl groups is 1. The minimum atomic E-state index is -4.61. The molecule has 0 aliphatic rings. The molecule has 0 aromatic rings. The Labute approximate surface area is 377 Å². The molecule has 0 aliphatic heterocycles. The fourth-order valence-electron chi connectivity index (χ4n) is 6.92. The molecule has 61 heavy (non-hydrogen) atoms. The molecule has 3 atom stereocenters. The predicted octanol–water partition coefficient (Wildman–Crippen LogP) is 14.0. The topological polar surface area (TPSA) is 108 Å². The Morgan fingerprint density at radius 3 is 1.46 bits per heavy atom. The summed E-state index contributed by atoms with van der Waals surface area (Å²) in [6, 6.07) is -0.919. The number of hydrogen-bond acceptors (Lipinski definition) is 6. The van der Waals surface area contributed by atoms with Gasteiger partial charge in [-0.3, -0.25) is 9.36 Å². The quantitative estimate of drug-likeness (QED) is 0.0273. The van der Waals surface area contributed by atoms with Crippen LogP contribution in [0.4, 0.5) is 0 Å². The summed E-state index contributed by atoms with van der Waals surface area (Å²) >= 11 is 0. The summed E-state index contributed by atoms with van der Waals surface area (Å²) in [6.45, 7) is 4.58. The molecule has 0 spiro atoms. The van der Waals surface area contributed by atoms with Crippen molar-refractivity contribution in [2.75, 3.05) is 40.9 Å². The van der Waals surface area contributed by atoms with Crippen molar-refractivity contribution in [1.82, 2.24) is 5.32 Å². The molecule has 0 aliphatic carbocycles. The summed E-state index contributed by atoms with van der Waals surface area (Å²) in [7, 11) is 1.22. The highest BCUT2D eigenvalue weighted by atomic mass is 31.2. The molecule has 0 fully saturated rings. The van der Waals surface area contributed by atoms with E-state index in [1.165, 1.54) is 122 Å². The van der Waals surface area contributed by atoms with E-state index in [1.807, 2.05) is 27.2 Å². The SMILES string of the molecule is CCCCC/C=C\C/C=C\CCCCCCCC(=O)NC(COP(=O)([O-])OCC[N+](C)(C)C)C(O)/C=C/CC/C=C/CC/C=C/CCCCCCCCCCCCCCCC. The van der Waals surface area contributed by atoms with Gasteiger partial charge in [-0.1, -0.05) is 190 Å². The summed E-state index contributed by atoms with van der Waals surface area (Å²) in [4.78, 5) is 25.3. The van der Waals surface area contributed by atoms with Crippen molar-refractivity contribution in [3.63, 3.8) is 0 Å². The predicted molar refractivity (Wildman–Crippen MR) is 261 cm³/mol. The van der Waals surface area contributed by atoms with Crippen LogP contribution in [0.3, 0.4) is 0 Å². The van der Waals surface area contributed by atoms with Gasteiger partial charge < -0.3 is 28.8 Å². The molecule has 0 heterocycles. The number of rotatable bonds is 45. The number of allylic oxidation sites excluding steroid dienone is 9. The molecule has 0 radical (unpaired) electrons. The van der Waals surface area contributed by atoms with Gasteiger partial charge in [0.15, 0.2) is 0 Å². The van der Waals surface area contributed by atoms with Gasteiger partial charge in [-0.15, -0.1) is 0 Å². The van der Waals surface area contributed by atoms with Crippen molar-refractivity contribution in [3.8, 4) is 0 Å². The van der Waals surface area contributed by atoms with Gasteiger partial charge in [0.2, 0.25) is 5.91 Å². The molecule has 0 rings (SSSR count). The Kier molecular flexibility index (Phi) is 42.2. The van der Waals surface area contributed by atoms with Crippen LogP contribution in [-0.4, -0.2) is 68.5 Å². The van der Waals surface area contributed by atoms with Crippen molar-refractivity contribution in [2.24, 2.45) is 0 Å². The number of carbonyl (C=O) groups excluding carboxylic acids is 1. The standard InChI is InChI=1S/C52H97N2O6P/c1-6-8-10-12-14-16-18-20-22-23-24-25-26-27-28-29-30-32-33-35-37-39-41-43-45-51(55)50(49-60-61(57,58)59-48-47-54(3,4)5)53-52(56)46-44-42-40-38-36-34-31-21-19-17-15-13-11-9-7-2/h15,17,21,29-31,35,37,43,45,50-51,55H,6-14,16,18-20,22-28,32-34,36,38-42,44,46-49H2,1-5H3,(H-,53,56,57,58)/b17-15-,30-29+,31-21-,37-35+,45-43+. The normalized spacial score (nSPS) is 14.7. The number of aliphatic hydroxyl groups excluding tert-OH is 1. The molecule has 0 aromatic heterocycles.